The van der Waals surface area contributed by atoms with Gasteiger partial charge in [0, 0.05) is 65.3 Å². The maximum atomic E-state index is 9.49. The van der Waals surface area contributed by atoms with Crippen molar-refractivity contribution >= 4 is 115 Å². The van der Waals surface area contributed by atoms with E-state index in [0.29, 0.717) is 28.7 Å². The van der Waals surface area contributed by atoms with Crippen LogP contribution in [0.3, 0.4) is 0 Å². The number of benzene rings is 13. The molecule has 422 valence electrons. The van der Waals surface area contributed by atoms with Gasteiger partial charge in [0.1, 0.15) is 33.5 Å². The van der Waals surface area contributed by atoms with Gasteiger partial charge in [0.25, 0.3) is 0 Å². The number of para-hydroxylation sites is 3. The van der Waals surface area contributed by atoms with Gasteiger partial charge in [-0.2, -0.15) is 0 Å². The van der Waals surface area contributed by atoms with E-state index in [-0.39, 0.29) is 0 Å². The van der Waals surface area contributed by atoms with Crippen LogP contribution < -0.4 is 0 Å². The zero-order valence-electron chi connectivity index (χ0n) is 48.5. The lowest BCUT2D eigenvalue weighted by atomic mass is 9.95. The van der Waals surface area contributed by atoms with Crippen molar-refractivity contribution in [1.29, 1.82) is 0 Å². The van der Waals surface area contributed by atoms with Crippen molar-refractivity contribution in [3.63, 3.8) is 0 Å². The van der Waals surface area contributed by atoms with Crippen LogP contribution in [-0.4, -0.2) is 24.1 Å². The highest BCUT2D eigenvalue weighted by Gasteiger charge is 2.32. The van der Waals surface area contributed by atoms with Gasteiger partial charge in [-0.1, -0.05) is 188 Å². The summed E-state index contributed by atoms with van der Waals surface area (Å²) in [6.45, 7) is 9.49. The molecule has 0 saturated heterocycles. The number of fused-ring (bicyclic) bond motifs is 17. The fourth-order valence-corrected chi connectivity index (χ4v) is 14.1. The van der Waals surface area contributed by atoms with Crippen LogP contribution in [0.15, 0.2) is 292 Å². The first-order valence-corrected chi connectivity index (χ1v) is 30.3. The molecule has 9 nitrogen and oxygen atoms in total. The third-order valence-corrected chi connectivity index (χ3v) is 18.2. The molecule has 0 aliphatic carbocycles. The van der Waals surface area contributed by atoms with Crippen LogP contribution in [0.4, 0.5) is 5.69 Å². The Morgan fingerprint density at radius 1 is 0.286 bits per heavy atom. The topological polar surface area (TPSA) is 92.3 Å². The van der Waals surface area contributed by atoms with Gasteiger partial charge in [-0.3, -0.25) is 0 Å². The van der Waals surface area contributed by atoms with E-state index in [0.717, 1.165) is 165 Å². The molecule has 0 N–H and O–H groups in total. The highest BCUT2D eigenvalue weighted by molar-refractivity contribution is 6.27. The predicted octanol–water partition coefficient (Wildman–Crippen LogP) is 22.3. The smallest absolute Gasteiger partial charge is 0.197 e. The number of aromatic nitrogens is 5. The summed E-state index contributed by atoms with van der Waals surface area (Å²) in [7, 11) is 0. The first-order chi connectivity index (χ1) is 45.1. The Morgan fingerprint density at radius 2 is 0.692 bits per heavy atom. The third kappa shape index (κ3) is 7.67. The van der Waals surface area contributed by atoms with Crippen molar-refractivity contribution in [3.05, 3.63) is 290 Å². The Kier molecular flexibility index (Phi) is 10.9. The molecule has 0 amide bonds. The lowest BCUT2D eigenvalue weighted by Crippen LogP contribution is -2.10. The van der Waals surface area contributed by atoms with E-state index in [1.54, 1.807) is 0 Å². The van der Waals surface area contributed by atoms with Crippen molar-refractivity contribution in [3.8, 4) is 78.9 Å². The summed E-state index contributed by atoms with van der Waals surface area (Å²) in [6, 6.07) is 96.5. The zero-order chi connectivity index (χ0) is 59.8. The molecule has 0 atom stereocenters. The molecule has 6 aromatic heterocycles. The average molecular weight is 1160 g/mol. The highest BCUT2D eigenvalue weighted by Crippen LogP contribution is 2.52. The van der Waals surface area contributed by atoms with Crippen molar-refractivity contribution < 1.29 is 13.3 Å². The first-order valence-electron chi connectivity index (χ1n) is 30.3. The first kappa shape index (κ1) is 50.5. The van der Waals surface area contributed by atoms with Crippen molar-refractivity contribution in [2.45, 2.75) is 0 Å². The minimum atomic E-state index is 0.370. The maximum absolute atomic E-state index is 9.49. The standard InChI is InChI=1S/C82H46N6O3/c1-83-64-47-63(82-85-80(51-26-12-5-13-27-51)84-81(86-82)54-36-43-72-60(46-54)57-30-16-17-31-69(57)89-72)76(87-65-39-34-52(48-20-6-2-7-21-48)44-61(65)74-67(87)41-37-58-55-28-14-18-32-70(55)90-78(58)74)77(73(64)50-24-10-4-11-25-50)88-66-40-35-53(49-22-8-3-9-23-49)45-62(66)75-68(88)42-38-59-56-29-15-19-33-71(56)91-79(59)75/h2-47H. The molecule has 0 radical (unpaired) electrons. The summed E-state index contributed by atoms with van der Waals surface area (Å²) in [5, 5.41) is 9.84. The normalized spacial score (nSPS) is 11.9. The van der Waals surface area contributed by atoms with Crippen LogP contribution in [0, 0.1) is 6.57 Å². The van der Waals surface area contributed by atoms with Gasteiger partial charge in [0.15, 0.2) is 23.2 Å². The van der Waals surface area contributed by atoms with Crippen molar-refractivity contribution in [2.24, 2.45) is 0 Å². The lowest BCUT2D eigenvalue weighted by molar-refractivity contribution is 0.669. The summed E-state index contributed by atoms with van der Waals surface area (Å²) >= 11 is 0. The van der Waals surface area contributed by atoms with Crippen LogP contribution in [0.5, 0.6) is 0 Å². The molecule has 0 spiro atoms. The second-order valence-electron chi connectivity index (χ2n) is 23.2. The predicted molar refractivity (Wildman–Crippen MR) is 369 cm³/mol. The van der Waals surface area contributed by atoms with Gasteiger partial charge in [0.2, 0.25) is 0 Å². The van der Waals surface area contributed by atoms with Gasteiger partial charge >= 0.3 is 0 Å². The number of hydrogen-bond donors (Lipinski definition) is 0. The fourth-order valence-electron chi connectivity index (χ4n) is 14.1. The Labute approximate surface area is 519 Å². The van der Waals surface area contributed by atoms with E-state index in [9.17, 15) is 6.57 Å². The van der Waals surface area contributed by atoms with Crippen LogP contribution in [0.25, 0.3) is 193 Å². The van der Waals surface area contributed by atoms with Gasteiger partial charge in [-0.15, -0.1) is 0 Å². The Bertz CT molecular complexity index is 6270. The summed E-state index contributed by atoms with van der Waals surface area (Å²) in [6.07, 6.45) is 0. The summed E-state index contributed by atoms with van der Waals surface area (Å²) in [5.41, 5.74) is 18.2. The third-order valence-electron chi connectivity index (χ3n) is 18.2. The second-order valence-corrected chi connectivity index (χ2v) is 23.2. The van der Waals surface area contributed by atoms with Crippen LogP contribution in [0.1, 0.15) is 0 Å². The SMILES string of the molecule is [C-]#[N+]c1cc(-c2nc(-c3ccccc3)nc(-c3ccc4oc5ccccc5c4c3)n2)c(-n2c3ccc(-c4ccccc4)cc3c3c4oc5ccccc5c4ccc32)c(-n2c3ccc(-c4ccccc4)cc3c3c4oc5ccccc5c4ccc32)c1-c1ccccc1. The van der Waals surface area contributed by atoms with Crippen molar-refractivity contribution in [2.75, 3.05) is 0 Å². The minimum Gasteiger partial charge on any atom is -0.456 e. The summed E-state index contributed by atoms with van der Waals surface area (Å²) < 4.78 is 25.3. The molecule has 6 heterocycles. The Balaban J connectivity index is 1.03. The van der Waals surface area contributed by atoms with Gasteiger partial charge in [0.05, 0.1) is 50.8 Å². The number of rotatable bonds is 8. The second kappa shape index (κ2) is 19.7. The van der Waals surface area contributed by atoms with Crippen LogP contribution in [0.2, 0.25) is 0 Å². The summed E-state index contributed by atoms with van der Waals surface area (Å²) in [4.78, 5) is 21.2. The molecule has 13 aromatic carbocycles. The summed E-state index contributed by atoms with van der Waals surface area (Å²) in [5.74, 6) is 1.30. The molecule has 0 saturated carbocycles. The number of nitrogens with zero attached hydrogens (tertiary/aromatic N) is 6. The van der Waals surface area contributed by atoms with E-state index in [1.807, 2.05) is 109 Å². The van der Waals surface area contributed by atoms with Gasteiger partial charge in [-0.25, -0.2) is 19.8 Å². The molecule has 9 heteroatoms. The van der Waals surface area contributed by atoms with E-state index in [1.165, 1.54) is 0 Å². The van der Waals surface area contributed by atoms with Crippen LogP contribution in [-0.2, 0) is 0 Å². The van der Waals surface area contributed by atoms with E-state index >= 15 is 0 Å². The molecule has 0 unspecified atom stereocenters. The van der Waals surface area contributed by atoms with Gasteiger partial charge in [-0.05, 0) is 119 Å². The molecular formula is C82H46N6O3. The zero-order valence-corrected chi connectivity index (χ0v) is 48.5. The molecule has 19 rings (SSSR count). The average Bonchev–Trinajstić information content (AvgIpc) is 1.83. The fraction of sp³-hybridized carbons (Fsp3) is 0. The number of hydrogen-bond acceptors (Lipinski definition) is 6. The van der Waals surface area contributed by atoms with E-state index < -0.39 is 0 Å². The molecule has 0 bridgehead atoms. The molecule has 0 aliphatic rings. The molecule has 0 fully saturated rings. The Hall–Kier alpha value is -12.6. The molecular weight excluding hydrogens is 1120 g/mol. The monoisotopic (exact) mass is 1160 g/mol. The highest BCUT2D eigenvalue weighted by atomic mass is 16.3. The van der Waals surface area contributed by atoms with Crippen LogP contribution >= 0.6 is 0 Å². The quantitative estimate of drug-likeness (QED) is 0.141. The largest absolute Gasteiger partial charge is 0.456 e. The molecule has 0 aliphatic heterocycles. The molecule has 91 heavy (non-hydrogen) atoms. The van der Waals surface area contributed by atoms with E-state index in [4.69, 9.17) is 28.2 Å². The lowest BCUT2D eigenvalue weighted by Gasteiger charge is -2.25. The van der Waals surface area contributed by atoms with E-state index in [2.05, 4.69) is 184 Å². The van der Waals surface area contributed by atoms with Gasteiger partial charge < -0.3 is 22.4 Å². The molecule has 19 aromatic rings. The minimum absolute atomic E-state index is 0.370. The number of furan rings is 3. The Morgan fingerprint density at radius 3 is 1.23 bits per heavy atom. The van der Waals surface area contributed by atoms with Crippen molar-refractivity contribution in [1.82, 2.24) is 24.1 Å². The maximum Gasteiger partial charge on any atom is 0.197 e.